The van der Waals surface area contributed by atoms with Gasteiger partial charge in [-0.15, -0.1) is 10.1 Å². The first-order valence-corrected chi connectivity index (χ1v) is 11.7. The minimum atomic E-state index is -0.129. The quantitative estimate of drug-likeness (QED) is 0.200. The number of benzene rings is 3. The summed E-state index contributed by atoms with van der Waals surface area (Å²) < 4.78 is 0. The van der Waals surface area contributed by atoms with Crippen LogP contribution in [-0.4, -0.2) is 32.8 Å². The molecule has 0 spiro atoms. The topological polar surface area (TPSA) is 93.4 Å². The molecule has 0 aliphatic rings. The van der Waals surface area contributed by atoms with Crippen molar-refractivity contribution < 1.29 is 15.4 Å². The van der Waals surface area contributed by atoms with Crippen LogP contribution in [0.3, 0.4) is 0 Å². The fourth-order valence-corrected chi connectivity index (χ4v) is 3.93. The van der Waals surface area contributed by atoms with Crippen molar-refractivity contribution in [3.63, 3.8) is 0 Å². The van der Waals surface area contributed by atoms with Crippen LogP contribution < -0.4 is 5.17 Å². The Hall–Kier alpha value is -2.85. The Kier molecular flexibility index (Phi) is 10.7. The molecule has 3 N–H and O–H groups in total. The zero-order chi connectivity index (χ0) is 26.6. The number of nitroso groups, excluding NO2 is 1. The summed E-state index contributed by atoms with van der Waals surface area (Å²) in [6, 6.07) is 16.5. The van der Waals surface area contributed by atoms with E-state index in [9.17, 15) is 15.1 Å². The minimum absolute atomic E-state index is 0. The normalized spacial score (nSPS) is 11.1. The number of rotatable bonds is 4. The van der Waals surface area contributed by atoms with Crippen LogP contribution in [0.5, 0.6) is 11.5 Å². The van der Waals surface area contributed by atoms with Gasteiger partial charge in [-0.3, -0.25) is 5.21 Å². The lowest BCUT2D eigenvalue weighted by Gasteiger charge is -2.25. The summed E-state index contributed by atoms with van der Waals surface area (Å²) in [4.78, 5) is 9.73. The standard InChI is InChI=1S/C23H32O2.C6H6N2O2.Al/c1-14-9-16(20(24)18(11-14)22(3,4)5)13-17-10-15(2)12-19(21(17)25)23(6,7)8;9-7-8(10)6-4-2-1-3-5-6;/h9-12,24-25H,13H2,1-8H3;1-5,10H;. The first-order chi connectivity index (χ1) is 16.1. The van der Waals surface area contributed by atoms with E-state index in [1.165, 1.54) is 0 Å². The molecule has 7 heteroatoms. The van der Waals surface area contributed by atoms with E-state index in [-0.39, 0.29) is 33.4 Å². The summed E-state index contributed by atoms with van der Waals surface area (Å²) in [6.45, 7) is 16.7. The van der Waals surface area contributed by atoms with Crippen molar-refractivity contribution >= 4 is 23.0 Å². The van der Waals surface area contributed by atoms with E-state index in [0.717, 1.165) is 33.4 Å². The maximum Gasteiger partial charge on any atom is 0.122 e. The Morgan fingerprint density at radius 3 is 1.47 bits per heavy atom. The number of aromatic hydroxyl groups is 2. The first-order valence-electron chi connectivity index (χ1n) is 11.7. The van der Waals surface area contributed by atoms with Gasteiger partial charge in [0.1, 0.15) is 11.5 Å². The predicted molar refractivity (Wildman–Crippen MR) is 148 cm³/mol. The van der Waals surface area contributed by atoms with E-state index in [4.69, 9.17) is 5.21 Å². The molecular formula is C29H38AlN2O4. The fourth-order valence-electron chi connectivity index (χ4n) is 3.93. The maximum atomic E-state index is 10.8. The molecule has 0 atom stereocenters. The lowest BCUT2D eigenvalue weighted by atomic mass is 9.81. The fraction of sp³-hybridized carbons (Fsp3) is 0.379. The van der Waals surface area contributed by atoms with Crippen LogP contribution in [0, 0.1) is 18.8 Å². The summed E-state index contributed by atoms with van der Waals surface area (Å²) in [5, 5.41) is 32.9. The Bertz CT molecular complexity index is 1100. The minimum Gasteiger partial charge on any atom is -0.507 e. The summed E-state index contributed by atoms with van der Waals surface area (Å²) in [6.07, 6.45) is 0.521. The molecule has 0 unspecified atom stereocenters. The summed E-state index contributed by atoms with van der Waals surface area (Å²) in [5.74, 6) is 0.688. The molecule has 0 saturated heterocycles. The van der Waals surface area contributed by atoms with Gasteiger partial charge in [-0.2, -0.15) is 0 Å². The highest BCUT2D eigenvalue weighted by Gasteiger charge is 2.24. The number of anilines is 1. The van der Waals surface area contributed by atoms with Crippen molar-refractivity contribution in [1.29, 1.82) is 0 Å². The highest BCUT2D eigenvalue weighted by Crippen LogP contribution is 2.39. The average molecular weight is 506 g/mol. The van der Waals surface area contributed by atoms with Gasteiger partial charge in [0.2, 0.25) is 0 Å². The van der Waals surface area contributed by atoms with Gasteiger partial charge in [0.15, 0.2) is 0 Å². The SMILES string of the molecule is Cc1cc(Cc2cc(C)cc(C(C)(C)C)c2O)c(O)c(C(C)(C)C)c1.O=NN(O)c1ccccc1.[Al]. The van der Waals surface area contributed by atoms with Crippen LogP contribution in [0.2, 0.25) is 0 Å². The third-order valence-corrected chi connectivity index (χ3v) is 5.73. The molecule has 0 heterocycles. The van der Waals surface area contributed by atoms with Crippen LogP contribution in [0.4, 0.5) is 5.69 Å². The summed E-state index contributed by atoms with van der Waals surface area (Å²) in [5.41, 5.74) is 5.98. The van der Waals surface area contributed by atoms with Gasteiger partial charge < -0.3 is 10.2 Å². The first kappa shape index (κ1) is 31.2. The number of phenols is 2. The Labute approximate surface area is 225 Å². The monoisotopic (exact) mass is 505 g/mol. The molecule has 191 valence electrons. The third-order valence-electron chi connectivity index (χ3n) is 5.73. The molecule has 3 radical (unpaired) electrons. The highest BCUT2D eigenvalue weighted by molar-refractivity contribution is 5.75. The van der Waals surface area contributed by atoms with Crippen LogP contribution in [0.25, 0.3) is 0 Å². The van der Waals surface area contributed by atoms with Crippen molar-refractivity contribution in [2.45, 2.75) is 72.6 Å². The number of hydrogen-bond acceptors (Lipinski definition) is 5. The smallest absolute Gasteiger partial charge is 0.122 e. The molecule has 0 amide bonds. The molecule has 0 aliphatic carbocycles. The van der Waals surface area contributed by atoms with Gasteiger partial charge in [0, 0.05) is 23.8 Å². The van der Waals surface area contributed by atoms with Gasteiger partial charge in [-0.05, 0) is 59.1 Å². The van der Waals surface area contributed by atoms with Gasteiger partial charge in [0.25, 0.3) is 0 Å². The molecule has 3 aromatic rings. The van der Waals surface area contributed by atoms with Crippen LogP contribution in [-0.2, 0) is 17.3 Å². The van der Waals surface area contributed by atoms with Crippen molar-refractivity contribution in [1.82, 2.24) is 0 Å². The van der Waals surface area contributed by atoms with E-state index < -0.39 is 0 Å². The summed E-state index contributed by atoms with van der Waals surface area (Å²) >= 11 is 0. The van der Waals surface area contributed by atoms with Gasteiger partial charge in [0.05, 0.1) is 11.0 Å². The molecule has 6 nitrogen and oxygen atoms in total. The zero-order valence-electron chi connectivity index (χ0n) is 22.6. The van der Waals surface area contributed by atoms with Crippen LogP contribution >= 0.6 is 0 Å². The molecular weight excluding hydrogens is 467 g/mol. The number of para-hydroxylation sites is 1. The second kappa shape index (κ2) is 12.4. The second-order valence-electron chi connectivity index (χ2n) is 11.0. The van der Waals surface area contributed by atoms with E-state index in [1.54, 1.807) is 30.3 Å². The summed E-state index contributed by atoms with van der Waals surface area (Å²) in [7, 11) is 0. The van der Waals surface area contributed by atoms with Crippen molar-refractivity contribution in [2.24, 2.45) is 5.29 Å². The number of hydrogen-bond donors (Lipinski definition) is 3. The maximum absolute atomic E-state index is 10.8. The highest BCUT2D eigenvalue weighted by atomic mass is 27.0. The largest absolute Gasteiger partial charge is 0.507 e. The van der Waals surface area contributed by atoms with E-state index in [1.807, 2.05) is 12.1 Å². The third kappa shape index (κ3) is 8.09. The van der Waals surface area contributed by atoms with E-state index >= 15 is 0 Å². The number of nitrogens with zero attached hydrogens (tertiary/aromatic N) is 2. The molecule has 0 fully saturated rings. The molecule has 0 aromatic heterocycles. The average Bonchev–Trinajstić information content (AvgIpc) is 2.77. The van der Waals surface area contributed by atoms with Crippen molar-refractivity contribution in [3.8, 4) is 11.5 Å². The second-order valence-corrected chi connectivity index (χ2v) is 11.0. The van der Waals surface area contributed by atoms with Gasteiger partial charge >= 0.3 is 0 Å². The van der Waals surface area contributed by atoms with Crippen molar-refractivity contribution in [2.75, 3.05) is 5.17 Å². The lowest BCUT2D eigenvalue weighted by molar-refractivity contribution is 0.258. The van der Waals surface area contributed by atoms with Crippen LogP contribution in [0.1, 0.15) is 74.9 Å². The lowest BCUT2D eigenvalue weighted by Crippen LogP contribution is -2.14. The van der Waals surface area contributed by atoms with Crippen molar-refractivity contribution in [3.05, 3.63) is 92.9 Å². The Balaban J connectivity index is 0.000000495. The van der Waals surface area contributed by atoms with E-state index in [2.05, 4.69) is 72.8 Å². The van der Waals surface area contributed by atoms with Gasteiger partial charge in [-0.1, -0.05) is 95.1 Å². The molecule has 0 aliphatic heterocycles. The molecule has 3 rings (SSSR count). The molecule has 36 heavy (non-hydrogen) atoms. The number of aryl methyl sites for hydroxylation is 2. The number of phenolic OH excluding ortho intramolecular Hbond substituents is 2. The molecule has 0 saturated carbocycles. The zero-order valence-corrected chi connectivity index (χ0v) is 23.8. The predicted octanol–water partition coefficient (Wildman–Crippen LogP) is 7.08. The van der Waals surface area contributed by atoms with Crippen LogP contribution in [0.15, 0.2) is 59.9 Å². The Morgan fingerprint density at radius 2 is 1.14 bits per heavy atom. The molecule has 0 bridgehead atoms. The Morgan fingerprint density at radius 1 is 0.750 bits per heavy atom. The molecule has 3 aromatic carbocycles. The van der Waals surface area contributed by atoms with Gasteiger partial charge in [-0.25, -0.2) is 0 Å². The van der Waals surface area contributed by atoms with E-state index in [0.29, 0.717) is 23.6 Å².